The summed E-state index contributed by atoms with van der Waals surface area (Å²) < 4.78 is 6.21. The van der Waals surface area contributed by atoms with Crippen LogP contribution in [0.1, 0.15) is 61.1 Å². The highest BCUT2D eigenvalue weighted by atomic mass is 16.5. The molecule has 0 aliphatic rings. The minimum absolute atomic E-state index is 0.500. The summed E-state index contributed by atoms with van der Waals surface area (Å²) in [5.74, 6) is 1.32. The van der Waals surface area contributed by atoms with Gasteiger partial charge in [0, 0.05) is 18.3 Å². The van der Waals surface area contributed by atoms with E-state index in [1.54, 1.807) is 13.1 Å². The predicted octanol–water partition coefficient (Wildman–Crippen LogP) is 5.08. The number of aliphatic hydroxyl groups excluding tert-OH is 1. The summed E-state index contributed by atoms with van der Waals surface area (Å²) in [6.07, 6.45) is 2.24. The Hall–Kier alpha value is -1.91. The zero-order chi connectivity index (χ0) is 19.3. The predicted molar refractivity (Wildman–Crippen MR) is 107 cm³/mol. The molecule has 0 aliphatic heterocycles. The molecule has 0 fully saturated rings. The van der Waals surface area contributed by atoms with E-state index in [0.717, 1.165) is 54.1 Å². The summed E-state index contributed by atoms with van der Waals surface area (Å²) in [6.45, 7) is 15.1. The second-order valence-electron chi connectivity index (χ2n) is 7.06. The van der Waals surface area contributed by atoms with E-state index in [0.29, 0.717) is 5.88 Å². The number of benzene rings is 1. The van der Waals surface area contributed by atoms with Gasteiger partial charge in [0.25, 0.3) is 0 Å². The second-order valence-corrected chi connectivity index (χ2v) is 7.06. The highest BCUT2D eigenvalue weighted by Crippen LogP contribution is 2.34. The summed E-state index contributed by atoms with van der Waals surface area (Å²) in [6, 6.07) is 6.20. The molecule has 142 valence electrons. The van der Waals surface area contributed by atoms with Crippen LogP contribution in [-0.4, -0.2) is 28.1 Å². The van der Waals surface area contributed by atoms with Gasteiger partial charge < -0.3 is 9.84 Å². The molecular formula is C22H32N2O2. The van der Waals surface area contributed by atoms with Crippen LogP contribution < -0.4 is 4.74 Å². The molecule has 2 rings (SSSR count). The van der Waals surface area contributed by atoms with Crippen molar-refractivity contribution in [3.63, 3.8) is 0 Å². The van der Waals surface area contributed by atoms with E-state index >= 15 is 0 Å². The van der Waals surface area contributed by atoms with Crippen molar-refractivity contribution in [3.05, 3.63) is 52.2 Å². The fourth-order valence-corrected chi connectivity index (χ4v) is 3.49. The number of aryl methyl sites for hydroxylation is 3. The van der Waals surface area contributed by atoms with Crippen molar-refractivity contribution < 1.29 is 9.84 Å². The van der Waals surface area contributed by atoms with E-state index in [4.69, 9.17) is 4.74 Å². The monoisotopic (exact) mass is 356 g/mol. The van der Waals surface area contributed by atoms with E-state index in [1.807, 2.05) is 19.9 Å². The van der Waals surface area contributed by atoms with E-state index in [1.165, 1.54) is 5.56 Å². The molecule has 0 amide bonds. The molecule has 0 radical (unpaired) electrons. The average Bonchev–Trinajstić information content (AvgIpc) is 2.57. The van der Waals surface area contributed by atoms with Crippen molar-refractivity contribution in [2.75, 3.05) is 13.1 Å². The minimum atomic E-state index is -0.639. The van der Waals surface area contributed by atoms with Crippen molar-refractivity contribution in [2.45, 2.75) is 60.6 Å². The second kappa shape index (κ2) is 9.15. The quantitative estimate of drug-likeness (QED) is 0.716. The Morgan fingerprint density at radius 3 is 2.35 bits per heavy atom. The number of pyridine rings is 1. The zero-order valence-electron chi connectivity index (χ0n) is 17.0. The Balaban J connectivity index is 2.42. The molecule has 1 atom stereocenters. The van der Waals surface area contributed by atoms with Crippen LogP contribution in [0.15, 0.2) is 24.4 Å². The van der Waals surface area contributed by atoms with Crippen LogP contribution in [0.5, 0.6) is 11.6 Å². The molecule has 4 heteroatoms. The van der Waals surface area contributed by atoms with Gasteiger partial charge in [-0.25, -0.2) is 4.98 Å². The Morgan fingerprint density at radius 1 is 1.15 bits per heavy atom. The van der Waals surface area contributed by atoms with Gasteiger partial charge in [-0.05, 0) is 70.0 Å². The molecule has 0 bridgehead atoms. The Kier molecular flexibility index (Phi) is 7.18. The van der Waals surface area contributed by atoms with Gasteiger partial charge >= 0.3 is 0 Å². The van der Waals surface area contributed by atoms with Gasteiger partial charge in [0.15, 0.2) is 0 Å². The van der Waals surface area contributed by atoms with Gasteiger partial charge in [0.1, 0.15) is 5.75 Å². The van der Waals surface area contributed by atoms with Gasteiger partial charge in [0.05, 0.1) is 6.10 Å². The normalized spacial score (nSPS) is 12.5. The number of hydrogen-bond donors (Lipinski definition) is 1. The van der Waals surface area contributed by atoms with Crippen LogP contribution in [0, 0.1) is 20.8 Å². The lowest BCUT2D eigenvalue weighted by molar-refractivity contribution is 0.190. The fourth-order valence-electron chi connectivity index (χ4n) is 3.49. The van der Waals surface area contributed by atoms with Crippen LogP contribution >= 0.6 is 0 Å². The Bertz CT molecular complexity index is 718. The largest absolute Gasteiger partial charge is 0.438 e. The topological polar surface area (TPSA) is 45.6 Å². The van der Waals surface area contributed by atoms with Crippen molar-refractivity contribution in [1.82, 2.24) is 9.88 Å². The first kappa shape index (κ1) is 20.4. The molecule has 1 heterocycles. The van der Waals surface area contributed by atoms with Crippen molar-refractivity contribution in [2.24, 2.45) is 0 Å². The standard InChI is InChI=1S/C22H32N2O2/c1-7-11-24(8-2)14-19-9-10-23-22(20(19)18(6)25)26-21-16(4)12-15(3)13-17(21)5/h9-10,12-13,18,25H,7-8,11,14H2,1-6H3. The molecule has 1 aromatic carbocycles. The first-order valence-electron chi connectivity index (χ1n) is 9.51. The molecule has 0 spiro atoms. The van der Waals surface area contributed by atoms with E-state index in [9.17, 15) is 5.11 Å². The van der Waals surface area contributed by atoms with Crippen LogP contribution in [-0.2, 0) is 6.54 Å². The van der Waals surface area contributed by atoms with Gasteiger partial charge in [-0.2, -0.15) is 0 Å². The summed E-state index contributed by atoms with van der Waals surface area (Å²) in [5, 5.41) is 10.4. The molecule has 26 heavy (non-hydrogen) atoms. The maximum atomic E-state index is 10.4. The van der Waals surface area contributed by atoms with Crippen molar-refractivity contribution in [3.8, 4) is 11.6 Å². The molecule has 0 saturated carbocycles. The third kappa shape index (κ3) is 4.83. The lowest BCUT2D eigenvalue weighted by Gasteiger charge is -2.23. The van der Waals surface area contributed by atoms with Crippen LogP contribution in [0.25, 0.3) is 0 Å². The van der Waals surface area contributed by atoms with Crippen molar-refractivity contribution >= 4 is 0 Å². The fraction of sp³-hybridized carbons (Fsp3) is 0.500. The molecular weight excluding hydrogens is 324 g/mol. The molecule has 4 nitrogen and oxygen atoms in total. The van der Waals surface area contributed by atoms with E-state index in [-0.39, 0.29) is 0 Å². The Labute approximate surface area is 157 Å². The molecule has 1 unspecified atom stereocenters. The van der Waals surface area contributed by atoms with Gasteiger partial charge in [-0.15, -0.1) is 0 Å². The smallest absolute Gasteiger partial charge is 0.225 e. The van der Waals surface area contributed by atoms with Crippen LogP contribution in [0.3, 0.4) is 0 Å². The Morgan fingerprint density at radius 2 is 1.81 bits per heavy atom. The highest BCUT2D eigenvalue weighted by molar-refractivity contribution is 5.47. The highest BCUT2D eigenvalue weighted by Gasteiger charge is 2.19. The van der Waals surface area contributed by atoms with Gasteiger partial charge in [0.2, 0.25) is 5.88 Å². The third-order valence-corrected chi connectivity index (χ3v) is 4.65. The lowest BCUT2D eigenvalue weighted by atomic mass is 10.0. The first-order valence-corrected chi connectivity index (χ1v) is 9.51. The van der Waals surface area contributed by atoms with E-state index < -0.39 is 6.10 Å². The zero-order valence-corrected chi connectivity index (χ0v) is 17.0. The van der Waals surface area contributed by atoms with Crippen LogP contribution in [0.2, 0.25) is 0 Å². The number of ether oxygens (including phenoxy) is 1. The summed E-state index contributed by atoms with van der Waals surface area (Å²) in [5.41, 5.74) is 5.21. The first-order chi connectivity index (χ1) is 12.4. The molecule has 0 saturated heterocycles. The van der Waals surface area contributed by atoms with Crippen molar-refractivity contribution in [1.29, 1.82) is 0 Å². The van der Waals surface area contributed by atoms with Gasteiger partial charge in [-0.3, -0.25) is 4.90 Å². The molecule has 0 aliphatic carbocycles. The summed E-state index contributed by atoms with van der Waals surface area (Å²) >= 11 is 0. The minimum Gasteiger partial charge on any atom is -0.438 e. The summed E-state index contributed by atoms with van der Waals surface area (Å²) in [7, 11) is 0. The van der Waals surface area contributed by atoms with Crippen LogP contribution in [0.4, 0.5) is 0 Å². The lowest BCUT2D eigenvalue weighted by Crippen LogP contribution is -2.24. The number of nitrogens with zero attached hydrogens (tertiary/aromatic N) is 2. The summed E-state index contributed by atoms with van der Waals surface area (Å²) in [4.78, 5) is 6.81. The van der Waals surface area contributed by atoms with Gasteiger partial charge in [-0.1, -0.05) is 31.5 Å². The maximum Gasteiger partial charge on any atom is 0.225 e. The number of hydrogen-bond acceptors (Lipinski definition) is 4. The molecule has 1 aromatic heterocycles. The maximum absolute atomic E-state index is 10.4. The number of rotatable bonds is 8. The average molecular weight is 357 g/mol. The SMILES string of the molecule is CCCN(CC)Cc1ccnc(Oc2c(C)cc(C)cc2C)c1C(C)O. The molecule has 2 aromatic rings. The molecule has 1 N–H and O–H groups in total. The number of aromatic nitrogens is 1. The number of aliphatic hydroxyl groups is 1. The van der Waals surface area contributed by atoms with E-state index in [2.05, 4.69) is 42.8 Å². The third-order valence-electron chi connectivity index (χ3n) is 4.65.